The maximum absolute atomic E-state index is 13.0. The van der Waals surface area contributed by atoms with Crippen molar-refractivity contribution >= 4 is 28.4 Å². The fourth-order valence-electron chi connectivity index (χ4n) is 4.38. The number of benzene rings is 2. The summed E-state index contributed by atoms with van der Waals surface area (Å²) in [6.07, 6.45) is 2.08. The van der Waals surface area contributed by atoms with Crippen LogP contribution >= 0.6 is 0 Å². The molecule has 1 saturated heterocycles. The van der Waals surface area contributed by atoms with E-state index in [-0.39, 0.29) is 29.5 Å². The highest BCUT2D eigenvalue weighted by Gasteiger charge is 2.29. The third-order valence-electron chi connectivity index (χ3n) is 6.13. The highest BCUT2D eigenvalue weighted by molar-refractivity contribution is 6.00. The largest absolute Gasteiger partial charge is 0.348 e. The van der Waals surface area contributed by atoms with Crippen LogP contribution in [0.2, 0.25) is 0 Å². The third-order valence-corrected chi connectivity index (χ3v) is 6.13. The van der Waals surface area contributed by atoms with Crippen molar-refractivity contribution in [2.45, 2.75) is 38.1 Å². The second kappa shape index (κ2) is 9.21. The molecule has 2 amide bonds. The van der Waals surface area contributed by atoms with Crippen LogP contribution in [0.15, 0.2) is 54.6 Å². The van der Waals surface area contributed by atoms with Crippen molar-refractivity contribution in [1.29, 1.82) is 0 Å². The number of para-hydroxylation sites is 1. The van der Waals surface area contributed by atoms with Crippen molar-refractivity contribution in [3.05, 3.63) is 76.0 Å². The van der Waals surface area contributed by atoms with Gasteiger partial charge in [0.05, 0.1) is 10.8 Å². The topological polar surface area (TPSA) is 108 Å². The molecular weight excluding hydrogens is 408 g/mol. The van der Waals surface area contributed by atoms with Gasteiger partial charge in [-0.2, -0.15) is 0 Å². The maximum atomic E-state index is 13.0. The lowest BCUT2D eigenvalue weighted by Crippen LogP contribution is -2.47. The molecule has 2 heterocycles. The average Bonchev–Trinajstić information content (AvgIpc) is 3.25. The Hall–Kier alpha value is -3.68. The molecule has 1 unspecified atom stereocenters. The van der Waals surface area contributed by atoms with E-state index in [4.69, 9.17) is 0 Å². The van der Waals surface area contributed by atoms with Crippen LogP contribution in [0.25, 0.3) is 10.9 Å². The number of rotatable bonds is 6. The van der Waals surface area contributed by atoms with E-state index in [0.717, 1.165) is 12.0 Å². The minimum Gasteiger partial charge on any atom is -0.348 e. The number of piperidine rings is 1. The number of nitro benzene ring substituents is 1. The van der Waals surface area contributed by atoms with Crippen molar-refractivity contribution in [2.75, 3.05) is 13.1 Å². The third kappa shape index (κ3) is 4.34. The van der Waals surface area contributed by atoms with Crippen LogP contribution in [0.4, 0.5) is 5.69 Å². The fourth-order valence-corrected chi connectivity index (χ4v) is 4.38. The summed E-state index contributed by atoms with van der Waals surface area (Å²) in [5, 5.41) is 14.8. The van der Waals surface area contributed by atoms with Gasteiger partial charge < -0.3 is 15.2 Å². The summed E-state index contributed by atoms with van der Waals surface area (Å²) in [6, 6.07) is 16.1. The first-order valence-electron chi connectivity index (χ1n) is 10.9. The first-order chi connectivity index (χ1) is 15.5. The SMILES string of the molecule is CCC(C(=O)N1CCC(NC(=O)c2cc3cccc([N+](=O)[O-])c3[nH]2)CC1)c1ccccc1. The van der Waals surface area contributed by atoms with Gasteiger partial charge in [-0.3, -0.25) is 19.7 Å². The molecule has 1 aliphatic heterocycles. The van der Waals surface area contributed by atoms with Crippen molar-refractivity contribution < 1.29 is 14.5 Å². The van der Waals surface area contributed by atoms with Crippen LogP contribution in [0, 0.1) is 10.1 Å². The molecule has 0 spiro atoms. The number of H-pyrrole nitrogens is 1. The first kappa shape index (κ1) is 21.5. The van der Waals surface area contributed by atoms with Crippen LogP contribution in [0.3, 0.4) is 0 Å². The Labute approximate surface area is 185 Å². The highest BCUT2D eigenvalue weighted by atomic mass is 16.6. The molecule has 0 bridgehead atoms. The maximum Gasteiger partial charge on any atom is 0.293 e. The van der Waals surface area contributed by atoms with E-state index >= 15 is 0 Å². The van der Waals surface area contributed by atoms with E-state index in [1.54, 1.807) is 18.2 Å². The number of aromatic nitrogens is 1. The number of hydrogen-bond acceptors (Lipinski definition) is 4. The van der Waals surface area contributed by atoms with Gasteiger partial charge in [-0.15, -0.1) is 0 Å². The Morgan fingerprint density at radius 3 is 2.53 bits per heavy atom. The number of carbonyl (C=O) groups excluding carboxylic acids is 2. The Morgan fingerprint density at radius 1 is 1.16 bits per heavy atom. The molecule has 0 aliphatic carbocycles. The fraction of sp³-hybridized carbons (Fsp3) is 0.333. The van der Waals surface area contributed by atoms with Gasteiger partial charge in [-0.25, -0.2) is 0 Å². The van der Waals surface area contributed by atoms with Crippen molar-refractivity contribution in [1.82, 2.24) is 15.2 Å². The Bertz CT molecular complexity index is 1130. The van der Waals surface area contributed by atoms with E-state index in [1.165, 1.54) is 6.07 Å². The standard InChI is InChI=1S/C24H26N4O4/c1-2-19(16-7-4-3-5-8-16)24(30)27-13-11-18(12-14-27)25-23(29)20-15-17-9-6-10-21(28(31)32)22(17)26-20/h3-10,15,18-19,26H,2,11-14H2,1H3,(H,25,29). The molecule has 8 heteroatoms. The zero-order chi connectivity index (χ0) is 22.7. The summed E-state index contributed by atoms with van der Waals surface area (Å²) < 4.78 is 0. The molecule has 1 aliphatic rings. The summed E-state index contributed by atoms with van der Waals surface area (Å²) in [6.45, 7) is 3.20. The van der Waals surface area contributed by atoms with Crippen LogP contribution in [-0.4, -0.2) is 45.8 Å². The van der Waals surface area contributed by atoms with E-state index in [2.05, 4.69) is 10.3 Å². The number of non-ortho nitro benzene ring substituents is 1. The second-order valence-corrected chi connectivity index (χ2v) is 8.13. The lowest BCUT2D eigenvalue weighted by molar-refractivity contribution is -0.383. The number of nitro groups is 1. The van der Waals surface area contributed by atoms with Crippen LogP contribution in [0.5, 0.6) is 0 Å². The molecule has 166 valence electrons. The normalized spacial score (nSPS) is 15.5. The molecule has 0 saturated carbocycles. The smallest absolute Gasteiger partial charge is 0.293 e. The number of carbonyl (C=O) groups is 2. The van der Waals surface area contributed by atoms with Gasteiger partial charge in [0.1, 0.15) is 11.2 Å². The molecule has 2 aromatic carbocycles. The minimum absolute atomic E-state index is 0.0512. The highest BCUT2D eigenvalue weighted by Crippen LogP contribution is 2.26. The van der Waals surface area contributed by atoms with Gasteiger partial charge in [0, 0.05) is 30.6 Å². The summed E-state index contributed by atoms with van der Waals surface area (Å²) in [7, 11) is 0. The molecule has 2 N–H and O–H groups in total. The molecule has 1 fully saturated rings. The van der Waals surface area contributed by atoms with Crippen molar-refractivity contribution in [2.24, 2.45) is 0 Å². The number of nitrogens with zero attached hydrogens (tertiary/aromatic N) is 2. The predicted octanol–water partition coefficient (Wildman–Crippen LogP) is 3.99. The molecule has 0 radical (unpaired) electrons. The minimum atomic E-state index is -0.466. The summed E-state index contributed by atoms with van der Waals surface area (Å²) in [5.41, 5.74) is 1.61. The zero-order valence-electron chi connectivity index (χ0n) is 17.9. The van der Waals surface area contributed by atoms with Gasteiger partial charge >= 0.3 is 0 Å². The summed E-state index contributed by atoms with van der Waals surface area (Å²) in [4.78, 5) is 41.3. The molecule has 4 rings (SSSR count). The van der Waals surface area contributed by atoms with Gasteiger partial charge in [0.25, 0.3) is 11.6 Å². The summed E-state index contributed by atoms with van der Waals surface area (Å²) >= 11 is 0. The van der Waals surface area contributed by atoms with Crippen LogP contribution < -0.4 is 5.32 Å². The van der Waals surface area contributed by atoms with Crippen LogP contribution in [-0.2, 0) is 4.79 Å². The lowest BCUT2D eigenvalue weighted by atomic mass is 9.93. The van der Waals surface area contributed by atoms with E-state index < -0.39 is 4.92 Å². The quantitative estimate of drug-likeness (QED) is 0.452. The van der Waals surface area contributed by atoms with Gasteiger partial charge in [-0.05, 0) is 30.9 Å². The monoisotopic (exact) mass is 434 g/mol. The molecule has 1 atom stereocenters. The Balaban J connectivity index is 1.37. The number of hydrogen-bond donors (Lipinski definition) is 2. The van der Waals surface area contributed by atoms with E-state index in [1.807, 2.05) is 42.2 Å². The molecule has 1 aromatic heterocycles. The van der Waals surface area contributed by atoms with Crippen molar-refractivity contribution in [3.8, 4) is 0 Å². The molecule has 32 heavy (non-hydrogen) atoms. The Kier molecular flexibility index (Phi) is 6.20. The first-order valence-corrected chi connectivity index (χ1v) is 10.9. The number of aromatic amines is 1. The summed E-state index contributed by atoms with van der Waals surface area (Å²) in [5.74, 6) is -0.313. The van der Waals surface area contributed by atoms with Crippen molar-refractivity contribution in [3.63, 3.8) is 0 Å². The average molecular weight is 434 g/mol. The number of likely N-dealkylation sites (tertiary alicyclic amines) is 1. The van der Waals surface area contributed by atoms with Gasteiger partial charge in [0.15, 0.2) is 0 Å². The van der Waals surface area contributed by atoms with E-state index in [0.29, 0.717) is 42.5 Å². The van der Waals surface area contributed by atoms with Gasteiger partial charge in [-0.1, -0.05) is 49.4 Å². The lowest BCUT2D eigenvalue weighted by Gasteiger charge is -2.34. The second-order valence-electron chi connectivity index (χ2n) is 8.13. The number of nitrogens with one attached hydrogen (secondary N) is 2. The molecular formula is C24H26N4O4. The Morgan fingerprint density at radius 2 is 1.88 bits per heavy atom. The van der Waals surface area contributed by atoms with Crippen LogP contribution in [0.1, 0.15) is 48.2 Å². The molecule has 8 nitrogen and oxygen atoms in total. The van der Waals surface area contributed by atoms with Gasteiger partial charge in [0.2, 0.25) is 5.91 Å². The number of amides is 2. The molecule has 3 aromatic rings. The predicted molar refractivity (Wildman–Crippen MR) is 121 cm³/mol. The zero-order valence-corrected chi connectivity index (χ0v) is 17.9. The van der Waals surface area contributed by atoms with E-state index in [9.17, 15) is 19.7 Å². The number of fused-ring (bicyclic) bond motifs is 1.